The molecule has 2 rings (SSSR count). The van der Waals surface area contributed by atoms with Gasteiger partial charge in [-0.3, -0.25) is 0 Å². The van der Waals surface area contributed by atoms with E-state index in [1.54, 1.807) is 19.1 Å². The summed E-state index contributed by atoms with van der Waals surface area (Å²) in [5.74, 6) is -3.25. The van der Waals surface area contributed by atoms with Crippen molar-refractivity contribution in [2.45, 2.75) is 11.8 Å². The van der Waals surface area contributed by atoms with Gasteiger partial charge in [0.15, 0.2) is 11.6 Å². The van der Waals surface area contributed by atoms with E-state index < -0.39 is 27.5 Å². The molecule has 2 aromatic carbocycles. The summed E-state index contributed by atoms with van der Waals surface area (Å²) in [6, 6.07) is 7.74. The first-order valence-electron chi connectivity index (χ1n) is 5.45. The van der Waals surface area contributed by atoms with E-state index in [0.717, 1.165) is 17.7 Å². The number of aryl methyl sites for hydroxylation is 1. The monoisotopic (exact) mass is 362 g/mol. The smallest absolute Gasteiger partial charge is 0.339 e. The number of hydrogen-bond donors (Lipinski definition) is 0. The molecule has 0 amide bonds. The van der Waals surface area contributed by atoms with Gasteiger partial charge in [0.05, 0.1) is 0 Å². The molecule has 0 bridgehead atoms. The third-order valence-electron chi connectivity index (χ3n) is 2.47. The summed E-state index contributed by atoms with van der Waals surface area (Å²) in [6.07, 6.45) is 0. The van der Waals surface area contributed by atoms with E-state index in [0.29, 0.717) is 0 Å². The maximum absolute atomic E-state index is 13.5. The van der Waals surface area contributed by atoms with Crippen LogP contribution in [0.1, 0.15) is 5.56 Å². The lowest BCUT2D eigenvalue weighted by atomic mass is 10.2. The fraction of sp³-hybridized carbons (Fsp3) is 0.0769. The molecule has 0 spiro atoms. The van der Waals surface area contributed by atoms with Crippen molar-refractivity contribution in [2.75, 3.05) is 0 Å². The standard InChI is InChI=1S/C13H9BrF2O3S/c1-8-2-4-10(5-3-8)20(17,18)19-12-7-9(14)6-11(15)13(12)16/h2-7H,1H3. The summed E-state index contributed by atoms with van der Waals surface area (Å²) >= 11 is 2.94. The van der Waals surface area contributed by atoms with E-state index in [-0.39, 0.29) is 9.37 Å². The predicted octanol–water partition coefficient (Wildman–Crippen LogP) is 3.80. The highest BCUT2D eigenvalue weighted by molar-refractivity contribution is 9.10. The Hall–Kier alpha value is -1.47. The largest absolute Gasteiger partial charge is 0.376 e. The Labute approximate surface area is 123 Å². The lowest BCUT2D eigenvalue weighted by molar-refractivity contribution is 0.436. The van der Waals surface area contributed by atoms with Gasteiger partial charge in [0.1, 0.15) is 4.90 Å². The van der Waals surface area contributed by atoms with E-state index in [9.17, 15) is 17.2 Å². The first-order chi connectivity index (χ1) is 9.29. The quantitative estimate of drug-likeness (QED) is 0.616. The van der Waals surface area contributed by atoms with Crippen molar-refractivity contribution >= 4 is 26.0 Å². The van der Waals surface area contributed by atoms with Crippen molar-refractivity contribution in [3.8, 4) is 5.75 Å². The molecule has 3 nitrogen and oxygen atoms in total. The van der Waals surface area contributed by atoms with Gasteiger partial charge in [0, 0.05) is 4.47 Å². The number of benzene rings is 2. The maximum Gasteiger partial charge on any atom is 0.339 e. The van der Waals surface area contributed by atoms with Crippen LogP contribution in [0.3, 0.4) is 0 Å². The predicted molar refractivity (Wildman–Crippen MR) is 73.1 cm³/mol. The van der Waals surface area contributed by atoms with Gasteiger partial charge < -0.3 is 4.18 Å². The Morgan fingerprint density at radius 2 is 1.70 bits per heavy atom. The third kappa shape index (κ3) is 3.16. The molecule has 0 N–H and O–H groups in total. The summed E-state index contributed by atoms with van der Waals surface area (Å²) in [6.45, 7) is 1.79. The van der Waals surface area contributed by atoms with Gasteiger partial charge in [-0.05, 0) is 31.2 Å². The van der Waals surface area contributed by atoms with Crippen molar-refractivity contribution in [1.29, 1.82) is 0 Å². The molecule has 2 aromatic rings. The Morgan fingerprint density at radius 3 is 2.30 bits per heavy atom. The molecule has 0 aliphatic heterocycles. The number of hydrogen-bond acceptors (Lipinski definition) is 3. The molecule has 0 saturated heterocycles. The molecule has 106 valence electrons. The van der Waals surface area contributed by atoms with Crippen LogP contribution < -0.4 is 4.18 Å². The molecule has 20 heavy (non-hydrogen) atoms. The van der Waals surface area contributed by atoms with Gasteiger partial charge >= 0.3 is 10.1 Å². The van der Waals surface area contributed by atoms with Gasteiger partial charge in [-0.15, -0.1) is 0 Å². The highest BCUT2D eigenvalue weighted by atomic mass is 79.9. The first-order valence-corrected chi connectivity index (χ1v) is 7.65. The average Bonchev–Trinajstić information content (AvgIpc) is 2.35. The van der Waals surface area contributed by atoms with Crippen LogP contribution >= 0.6 is 15.9 Å². The van der Waals surface area contributed by atoms with Crippen molar-refractivity contribution < 1.29 is 21.4 Å². The summed E-state index contributed by atoms with van der Waals surface area (Å²) in [4.78, 5) is -0.136. The average molecular weight is 363 g/mol. The maximum atomic E-state index is 13.5. The fourth-order valence-electron chi connectivity index (χ4n) is 1.46. The molecule has 7 heteroatoms. The van der Waals surface area contributed by atoms with Crippen molar-refractivity contribution in [3.05, 3.63) is 58.1 Å². The lowest BCUT2D eigenvalue weighted by Gasteiger charge is -2.09. The molecule has 0 unspecified atom stereocenters. The molecule has 0 aliphatic carbocycles. The van der Waals surface area contributed by atoms with Gasteiger partial charge in [-0.1, -0.05) is 33.6 Å². The minimum atomic E-state index is -4.21. The summed E-state index contributed by atoms with van der Waals surface area (Å²) in [5.41, 5.74) is 0.864. The second-order valence-corrected chi connectivity index (χ2v) is 6.51. The molecule has 0 saturated carbocycles. The highest BCUT2D eigenvalue weighted by Crippen LogP contribution is 2.28. The van der Waals surface area contributed by atoms with Crippen LogP contribution in [-0.2, 0) is 10.1 Å². The lowest BCUT2D eigenvalue weighted by Crippen LogP contribution is -2.11. The van der Waals surface area contributed by atoms with Crippen molar-refractivity contribution in [2.24, 2.45) is 0 Å². The molecule has 0 heterocycles. The zero-order valence-corrected chi connectivity index (χ0v) is 12.6. The minimum absolute atomic E-state index is 0.136. The van der Waals surface area contributed by atoms with Crippen LogP contribution in [-0.4, -0.2) is 8.42 Å². The molecular formula is C13H9BrF2O3S. The van der Waals surface area contributed by atoms with E-state index in [4.69, 9.17) is 0 Å². The van der Waals surface area contributed by atoms with Gasteiger partial charge in [-0.2, -0.15) is 12.8 Å². The van der Waals surface area contributed by atoms with Crippen LogP contribution in [0.5, 0.6) is 5.75 Å². The molecular weight excluding hydrogens is 354 g/mol. The van der Waals surface area contributed by atoms with Gasteiger partial charge in [0.25, 0.3) is 0 Å². The van der Waals surface area contributed by atoms with Crippen molar-refractivity contribution in [3.63, 3.8) is 0 Å². The molecule has 0 fully saturated rings. The van der Waals surface area contributed by atoms with Crippen LogP contribution in [0.15, 0.2) is 45.8 Å². The SMILES string of the molecule is Cc1ccc(S(=O)(=O)Oc2cc(Br)cc(F)c2F)cc1. The molecule has 0 radical (unpaired) electrons. The summed E-state index contributed by atoms with van der Waals surface area (Å²) in [7, 11) is -4.21. The Balaban J connectivity index is 2.41. The molecule has 0 atom stereocenters. The van der Waals surface area contributed by atoms with Crippen LogP contribution in [0, 0.1) is 18.6 Å². The number of halogens is 3. The second kappa shape index (κ2) is 5.49. The van der Waals surface area contributed by atoms with Crippen LogP contribution in [0.4, 0.5) is 8.78 Å². The van der Waals surface area contributed by atoms with E-state index in [2.05, 4.69) is 20.1 Å². The Morgan fingerprint density at radius 1 is 1.10 bits per heavy atom. The topological polar surface area (TPSA) is 43.4 Å². The van der Waals surface area contributed by atoms with Crippen LogP contribution in [0.25, 0.3) is 0 Å². The molecule has 0 aliphatic rings. The van der Waals surface area contributed by atoms with E-state index in [1.165, 1.54) is 12.1 Å². The molecule has 0 aromatic heterocycles. The summed E-state index contributed by atoms with van der Waals surface area (Å²) in [5, 5.41) is 0. The first kappa shape index (κ1) is 14.9. The highest BCUT2D eigenvalue weighted by Gasteiger charge is 2.21. The minimum Gasteiger partial charge on any atom is -0.376 e. The number of rotatable bonds is 3. The van der Waals surface area contributed by atoms with Crippen LogP contribution in [0.2, 0.25) is 0 Å². The van der Waals surface area contributed by atoms with E-state index >= 15 is 0 Å². The third-order valence-corrected chi connectivity index (χ3v) is 4.18. The van der Waals surface area contributed by atoms with E-state index in [1.807, 2.05) is 0 Å². The zero-order chi connectivity index (χ0) is 14.9. The second-order valence-electron chi connectivity index (χ2n) is 4.05. The zero-order valence-electron chi connectivity index (χ0n) is 10.2. The Bertz CT molecular complexity index is 743. The van der Waals surface area contributed by atoms with Crippen molar-refractivity contribution in [1.82, 2.24) is 0 Å². The fourth-order valence-corrected chi connectivity index (χ4v) is 2.80. The van der Waals surface area contributed by atoms with Gasteiger partial charge in [-0.25, -0.2) is 4.39 Å². The van der Waals surface area contributed by atoms with Gasteiger partial charge in [0.2, 0.25) is 5.82 Å². The normalized spacial score (nSPS) is 11.4. The summed E-state index contributed by atoms with van der Waals surface area (Å²) < 4.78 is 55.4. The Kier molecular flexibility index (Phi) is 4.10.